The normalized spacial score (nSPS) is 12.0. The van der Waals surface area contributed by atoms with Crippen LogP contribution in [0.15, 0.2) is 104 Å². The van der Waals surface area contributed by atoms with Crippen LogP contribution in [0.25, 0.3) is 0 Å². The molecule has 3 nitrogen and oxygen atoms in total. The van der Waals surface area contributed by atoms with Crippen molar-refractivity contribution in [1.82, 2.24) is 4.57 Å². The monoisotopic (exact) mass is 403 g/mol. The van der Waals surface area contributed by atoms with E-state index in [1.165, 1.54) is 11.1 Å². The third-order valence-electron chi connectivity index (χ3n) is 4.87. The van der Waals surface area contributed by atoms with Crippen molar-refractivity contribution in [3.05, 3.63) is 125 Å². The zero-order valence-electron chi connectivity index (χ0n) is 16.2. The van der Waals surface area contributed by atoms with Crippen LogP contribution in [-0.4, -0.2) is 4.57 Å². The van der Waals surface area contributed by atoms with Crippen LogP contribution in [0.3, 0.4) is 0 Å². The van der Waals surface area contributed by atoms with Gasteiger partial charge >= 0.3 is 0 Å². The zero-order chi connectivity index (χ0) is 19.9. The molecule has 0 aliphatic rings. The van der Waals surface area contributed by atoms with Crippen molar-refractivity contribution in [3.8, 4) is 0 Å². The van der Waals surface area contributed by atoms with Crippen LogP contribution in [-0.2, 0) is 24.4 Å². The van der Waals surface area contributed by atoms with Crippen molar-refractivity contribution < 1.29 is 9.30 Å². The summed E-state index contributed by atoms with van der Waals surface area (Å²) in [5.41, 5.74) is 3.57. The van der Waals surface area contributed by atoms with E-state index in [0.717, 1.165) is 23.7 Å². The van der Waals surface area contributed by atoms with Gasteiger partial charge in [-0.2, -0.15) is 0 Å². The summed E-state index contributed by atoms with van der Waals surface area (Å²) in [7, 11) is 0. The predicted octanol–water partition coefficient (Wildman–Crippen LogP) is 5.44. The first kappa shape index (κ1) is 19.4. The Labute approximate surface area is 176 Å². The average molecular weight is 404 g/mol. The second kappa shape index (κ2) is 9.55. The Kier molecular flexibility index (Phi) is 6.40. The van der Waals surface area contributed by atoms with Gasteiger partial charge in [0.2, 0.25) is 6.33 Å². The minimum atomic E-state index is -0.0375. The SMILES string of the molecule is Clc1ccc(COC(Cn2cc[n+](Cc3ccccc3)c2)c2ccccc2)cc1. The summed E-state index contributed by atoms with van der Waals surface area (Å²) >= 11 is 5.99. The van der Waals surface area contributed by atoms with Crippen molar-refractivity contribution in [2.45, 2.75) is 25.8 Å². The molecule has 0 bridgehead atoms. The summed E-state index contributed by atoms with van der Waals surface area (Å²) in [5, 5.41) is 0.740. The third-order valence-corrected chi connectivity index (χ3v) is 5.12. The van der Waals surface area contributed by atoms with Crippen LogP contribution in [0.5, 0.6) is 0 Å². The molecule has 3 aromatic carbocycles. The highest BCUT2D eigenvalue weighted by molar-refractivity contribution is 6.30. The molecule has 0 saturated heterocycles. The quantitative estimate of drug-likeness (QED) is 0.358. The summed E-state index contributed by atoms with van der Waals surface area (Å²) in [4.78, 5) is 0. The van der Waals surface area contributed by atoms with E-state index < -0.39 is 0 Å². The highest BCUT2D eigenvalue weighted by Crippen LogP contribution is 2.22. The van der Waals surface area contributed by atoms with E-state index >= 15 is 0 Å². The van der Waals surface area contributed by atoms with Crippen LogP contribution >= 0.6 is 11.6 Å². The Morgan fingerprint density at radius 3 is 2.24 bits per heavy atom. The number of halogens is 1. The summed E-state index contributed by atoms with van der Waals surface area (Å²) in [5.74, 6) is 0. The lowest BCUT2D eigenvalue weighted by Crippen LogP contribution is -2.31. The molecule has 4 rings (SSSR count). The number of hydrogen-bond donors (Lipinski definition) is 0. The van der Waals surface area contributed by atoms with E-state index in [4.69, 9.17) is 16.3 Å². The molecule has 0 fully saturated rings. The first-order chi connectivity index (χ1) is 14.3. The van der Waals surface area contributed by atoms with E-state index in [2.05, 4.69) is 76.4 Å². The van der Waals surface area contributed by atoms with Gasteiger partial charge in [-0.25, -0.2) is 9.13 Å². The Morgan fingerprint density at radius 1 is 0.828 bits per heavy atom. The highest BCUT2D eigenvalue weighted by atomic mass is 35.5. The number of aromatic nitrogens is 2. The molecule has 0 N–H and O–H groups in total. The van der Waals surface area contributed by atoms with Gasteiger partial charge in [0.1, 0.15) is 31.6 Å². The van der Waals surface area contributed by atoms with E-state index in [-0.39, 0.29) is 6.10 Å². The largest absolute Gasteiger partial charge is 0.365 e. The van der Waals surface area contributed by atoms with Crippen LogP contribution < -0.4 is 4.57 Å². The third kappa shape index (κ3) is 5.57. The molecule has 1 unspecified atom stereocenters. The fourth-order valence-electron chi connectivity index (χ4n) is 3.33. The average Bonchev–Trinajstić information content (AvgIpc) is 3.20. The first-order valence-corrected chi connectivity index (χ1v) is 10.1. The fraction of sp³-hybridized carbons (Fsp3) is 0.160. The number of hydrogen-bond acceptors (Lipinski definition) is 1. The first-order valence-electron chi connectivity index (χ1n) is 9.76. The lowest BCUT2D eigenvalue weighted by atomic mass is 10.1. The molecular weight excluding hydrogens is 380 g/mol. The van der Waals surface area contributed by atoms with Gasteiger partial charge in [-0.05, 0) is 28.8 Å². The van der Waals surface area contributed by atoms with Crippen molar-refractivity contribution in [3.63, 3.8) is 0 Å². The van der Waals surface area contributed by atoms with E-state index in [0.29, 0.717) is 6.61 Å². The molecule has 1 aromatic heterocycles. The van der Waals surface area contributed by atoms with Gasteiger partial charge in [0.25, 0.3) is 0 Å². The molecule has 0 amide bonds. The van der Waals surface area contributed by atoms with E-state index in [1.54, 1.807) is 0 Å². The molecule has 0 saturated carbocycles. The zero-order valence-corrected chi connectivity index (χ0v) is 17.0. The molecule has 0 spiro atoms. The lowest BCUT2D eigenvalue weighted by molar-refractivity contribution is -0.687. The van der Waals surface area contributed by atoms with Gasteiger partial charge in [0, 0.05) is 5.02 Å². The Hall–Kier alpha value is -2.88. The Balaban J connectivity index is 1.46. The second-order valence-corrected chi connectivity index (χ2v) is 7.54. The fourth-order valence-corrected chi connectivity index (χ4v) is 3.45. The van der Waals surface area contributed by atoms with Crippen LogP contribution in [0.1, 0.15) is 22.8 Å². The summed E-state index contributed by atoms with van der Waals surface area (Å²) in [6, 6.07) is 28.7. The standard InChI is InChI=1S/C25H24ClN2O/c26-24-13-11-22(12-14-24)19-29-25(23-9-5-2-6-10-23)18-28-16-15-27(20-28)17-21-7-3-1-4-8-21/h1-16,20,25H,17-19H2/q+1. The minimum absolute atomic E-state index is 0.0375. The van der Waals surface area contributed by atoms with Crippen LogP contribution in [0.2, 0.25) is 5.02 Å². The maximum absolute atomic E-state index is 6.31. The summed E-state index contributed by atoms with van der Waals surface area (Å²) in [6.45, 7) is 2.15. The Bertz CT molecular complexity index is 1010. The van der Waals surface area contributed by atoms with Crippen molar-refractivity contribution in [2.24, 2.45) is 0 Å². The van der Waals surface area contributed by atoms with Crippen molar-refractivity contribution >= 4 is 11.6 Å². The molecule has 4 aromatic rings. The van der Waals surface area contributed by atoms with Crippen LogP contribution in [0.4, 0.5) is 0 Å². The minimum Gasteiger partial charge on any atom is -0.365 e. The smallest absolute Gasteiger partial charge is 0.244 e. The number of ether oxygens (including phenoxy) is 1. The van der Waals surface area contributed by atoms with Crippen molar-refractivity contribution in [2.75, 3.05) is 0 Å². The molecule has 29 heavy (non-hydrogen) atoms. The number of rotatable bonds is 8. The van der Waals surface area contributed by atoms with Gasteiger partial charge in [-0.1, -0.05) is 84.4 Å². The molecule has 146 valence electrons. The topological polar surface area (TPSA) is 18.0 Å². The number of benzene rings is 3. The molecule has 1 atom stereocenters. The van der Waals surface area contributed by atoms with Gasteiger partial charge < -0.3 is 4.74 Å². The second-order valence-electron chi connectivity index (χ2n) is 7.11. The Morgan fingerprint density at radius 2 is 1.52 bits per heavy atom. The highest BCUT2D eigenvalue weighted by Gasteiger charge is 2.17. The molecule has 0 aliphatic heterocycles. The van der Waals surface area contributed by atoms with Gasteiger partial charge in [0.05, 0.1) is 6.61 Å². The maximum atomic E-state index is 6.31. The maximum Gasteiger partial charge on any atom is 0.244 e. The summed E-state index contributed by atoms with van der Waals surface area (Å²) < 4.78 is 10.7. The van der Waals surface area contributed by atoms with Crippen molar-refractivity contribution in [1.29, 1.82) is 0 Å². The van der Waals surface area contributed by atoms with Gasteiger partial charge in [-0.3, -0.25) is 0 Å². The molecule has 4 heteroatoms. The molecular formula is C25H24ClN2O+. The summed E-state index contributed by atoms with van der Waals surface area (Å²) in [6.07, 6.45) is 6.30. The van der Waals surface area contributed by atoms with E-state index in [1.807, 2.05) is 36.4 Å². The predicted molar refractivity (Wildman–Crippen MR) is 116 cm³/mol. The lowest BCUT2D eigenvalue weighted by Gasteiger charge is -2.17. The number of nitrogens with zero attached hydrogens (tertiary/aromatic N) is 2. The van der Waals surface area contributed by atoms with Crippen LogP contribution in [0, 0.1) is 0 Å². The molecule has 0 radical (unpaired) electrons. The molecule has 0 aliphatic carbocycles. The van der Waals surface area contributed by atoms with Gasteiger partial charge in [-0.15, -0.1) is 0 Å². The van der Waals surface area contributed by atoms with Gasteiger partial charge in [0.15, 0.2) is 0 Å². The van der Waals surface area contributed by atoms with E-state index in [9.17, 15) is 0 Å². The number of imidazole rings is 1. The molecule has 1 heterocycles.